The van der Waals surface area contributed by atoms with Gasteiger partial charge in [0, 0.05) is 126 Å². The molecule has 6 aliphatic heterocycles. The molecule has 0 aliphatic carbocycles. The molecule has 0 N–H and O–H groups in total. The van der Waals surface area contributed by atoms with Gasteiger partial charge in [-0.2, -0.15) is 36.0 Å². The average molecular weight is 1360 g/mol. The summed E-state index contributed by atoms with van der Waals surface area (Å²) in [4.78, 5) is 10.2. The number of unbranched alkanes of at least 4 members (excludes halogenated alkanes) is 3. The Bertz CT molecular complexity index is 4770. The monoisotopic (exact) mass is 1360 g/mol. The molecule has 0 unspecified atom stereocenters. The van der Waals surface area contributed by atoms with Crippen molar-refractivity contribution in [2.24, 2.45) is 0 Å². The van der Waals surface area contributed by atoms with Gasteiger partial charge >= 0.3 is 6.18 Å². The van der Waals surface area contributed by atoms with Gasteiger partial charge in [-0.3, -0.25) is 37.5 Å². The molecule has 98 heavy (non-hydrogen) atoms. The third kappa shape index (κ3) is 16.6. The lowest BCUT2D eigenvalue weighted by Gasteiger charge is -2.05. The summed E-state index contributed by atoms with van der Waals surface area (Å²) in [6, 6.07) is 58.9. The molecule has 0 saturated carbocycles. The van der Waals surface area contributed by atoms with Gasteiger partial charge in [0.1, 0.15) is 46.5 Å². The van der Waals surface area contributed by atoms with Crippen molar-refractivity contribution in [3.05, 3.63) is 291 Å². The molecule has 0 radical (unpaired) electrons. The topological polar surface area (TPSA) is 100 Å². The second-order valence-corrected chi connectivity index (χ2v) is 25.2. The lowest BCUT2D eigenvalue weighted by Crippen LogP contribution is -2.11. The molecule has 6 aliphatic rings. The molecular formula is C77H78Cl2F3N13O3+6. The van der Waals surface area contributed by atoms with E-state index in [0.29, 0.717) is 16.7 Å². The first-order valence-electron chi connectivity index (χ1n) is 32.8. The van der Waals surface area contributed by atoms with Crippen molar-refractivity contribution >= 4 is 94.6 Å². The SMILES string of the molecule is CCCCCC[N+]1=Cc2cccn2C1.CCCc1ccccc1[N+]1=Cc2cccn2C1.COc1ccc([N+]2=Cc3cccn3C2)cc1.Clc1cc(Cl)cc([N+]2=Cc3cccn3C2)c1.FC(F)(F)c1ccc([N+]2=Cc3cccn3C2)cc1.O=[N+]([O-])c1ccc([N+]2=Cc3cccn3C2)cc1. The van der Waals surface area contributed by atoms with E-state index in [1.54, 1.807) is 25.3 Å². The lowest BCUT2D eigenvalue weighted by molar-refractivity contribution is -0.548. The number of aromatic nitrogens is 6. The third-order valence-corrected chi connectivity index (χ3v) is 17.9. The molecular weight excluding hydrogens is 1280 g/mol. The van der Waals surface area contributed by atoms with Crippen molar-refractivity contribution in [2.75, 3.05) is 13.7 Å². The van der Waals surface area contributed by atoms with Crippen LogP contribution >= 0.6 is 23.2 Å². The van der Waals surface area contributed by atoms with E-state index in [9.17, 15) is 23.3 Å². The molecule has 0 fully saturated rings. The highest BCUT2D eigenvalue weighted by Gasteiger charge is 2.32. The first-order valence-corrected chi connectivity index (χ1v) is 33.6. The number of nitro groups is 1. The minimum absolute atomic E-state index is 0.118. The highest BCUT2D eigenvalue weighted by atomic mass is 35.5. The number of hydrogen-bond acceptors (Lipinski definition) is 3. The molecule has 5 aromatic carbocycles. The molecule has 16 nitrogen and oxygen atoms in total. The van der Waals surface area contributed by atoms with Crippen LogP contribution in [-0.4, -0.2) is 111 Å². The van der Waals surface area contributed by atoms with E-state index in [-0.39, 0.29) is 10.6 Å². The summed E-state index contributed by atoms with van der Waals surface area (Å²) in [6.07, 6.45) is 28.5. The van der Waals surface area contributed by atoms with E-state index in [0.717, 1.165) is 86.1 Å². The number of non-ortho nitro benzene ring substituents is 1. The van der Waals surface area contributed by atoms with Crippen LogP contribution in [0.15, 0.2) is 225 Å². The Hall–Kier alpha value is -10.6. The van der Waals surface area contributed by atoms with Gasteiger partial charge in [-0.05, 0) is 116 Å². The number of hydrogen-bond donors (Lipinski definition) is 0. The van der Waals surface area contributed by atoms with Gasteiger partial charge < -0.3 is 4.74 Å². The predicted octanol–water partition coefficient (Wildman–Crippen LogP) is 16.8. The molecule has 11 aromatic rings. The van der Waals surface area contributed by atoms with E-state index in [1.807, 2.05) is 88.6 Å². The Balaban J connectivity index is 0.000000112. The fourth-order valence-electron chi connectivity index (χ4n) is 12.3. The lowest BCUT2D eigenvalue weighted by atomic mass is 10.1. The van der Waals surface area contributed by atoms with Crippen molar-refractivity contribution in [2.45, 2.75) is 98.6 Å². The van der Waals surface area contributed by atoms with Crippen LogP contribution in [0.5, 0.6) is 5.75 Å². The summed E-state index contributed by atoms with van der Waals surface area (Å²) in [6.45, 7) is 10.8. The van der Waals surface area contributed by atoms with Crippen LogP contribution in [0.3, 0.4) is 0 Å². The van der Waals surface area contributed by atoms with E-state index in [2.05, 4.69) is 188 Å². The third-order valence-electron chi connectivity index (χ3n) is 17.4. The van der Waals surface area contributed by atoms with Crippen molar-refractivity contribution < 1.29 is 50.3 Å². The molecule has 12 heterocycles. The van der Waals surface area contributed by atoms with Gasteiger partial charge in [0.05, 0.1) is 17.6 Å². The van der Waals surface area contributed by atoms with Crippen LogP contribution in [0.1, 0.15) is 91.2 Å². The smallest absolute Gasteiger partial charge is 0.416 e. The van der Waals surface area contributed by atoms with Gasteiger partial charge in [-0.1, -0.05) is 74.5 Å². The number of benzene rings is 5. The standard InChI is InChI=1S/C15H17N2.C13H10F3N2.C13H13N2O.C12H9Cl2N2.C12H10N3O2.C12H19N2/c1-2-6-13-7-3-4-9-15(13)17-11-14-8-5-10-16(14)12-17;14-13(15,16)10-3-5-11(6-4-10)18-8-12-2-1-7-17(12)9-18;1-16-13-6-4-11(5-7-13)15-9-12-3-2-8-14(12)10-15;13-9-4-10(14)6-12(5-9)16-7-11-2-1-3-15(11)8-16;16-15(17)11-5-3-10(4-6-11)14-8-12-2-1-7-13(12)9-14;1-2-3-4-5-8-13-10-12-7-6-9-14(12)11-13/h3-5,7-11H,2,6,12H2,1H3;1-8H,9H2;2-9H,10H2,1H3;1-7H,8H2;1-8H,9H2;6-7,9-10H,2-5,8,11H2,1H3/q6*+1. The number of rotatable bonds is 14. The highest BCUT2D eigenvalue weighted by Crippen LogP contribution is 2.32. The quantitative estimate of drug-likeness (QED) is 0.0469. The van der Waals surface area contributed by atoms with Crippen LogP contribution in [0.25, 0.3) is 0 Å². The number of methoxy groups -OCH3 is 1. The van der Waals surface area contributed by atoms with E-state index in [4.69, 9.17) is 27.9 Å². The van der Waals surface area contributed by atoms with Crippen molar-refractivity contribution in [1.29, 1.82) is 0 Å². The van der Waals surface area contributed by atoms with Crippen LogP contribution in [0.4, 0.5) is 47.3 Å². The Labute approximate surface area is 577 Å². The van der Waals surface area contributed by atoms with Gasteiger partial charge in [0.2, 0.25) is 68.4 Å². The Kier molecular flexibility index (Phi) is 21.3. The molecule has 0 saturated heterocycles. The minimum Gasteiger partial charge on any atom is -0.497 e. The molecule has 0 bridgehead atoms. The molecule has 6 aromatic heterocycles. The van der Waals surface area contributed by atoms with E-state index in [1.165, 1.54) is 103 Å². The van der Waals surface area contributed by atoms with E-state index >= 15 is 0 Å². The Morgan fingerprint density at radius 2 is 0.847 bits per heavy atom. The number of fused-ring (bicyclic) bond motifs is 6. The van der Waals surface area contributed by atoms with Crippen molar-refractivity contribution in [3.8, 4) is 5.75 Å². The number of ether oxygens (including phenoxy) is 1. The molecule has 0 atom stereocenters. The fraction of sp³-hybridized carbons (Fsp3) is 0.221. The number of aryl methyl sites for hydroxylation is 1. The van der Waals surface area contributed by atoms with Crippen LogP contribution in [0, 0.1) is 10.1 Å². The van der Waals surface area contributed by atoms with Gasteiger partial charge in [0.15, 0.2) is 37.3 Å². The summed E-state index contributed by atoms with van der Waals surface area (Å²) in [5.41, 5.74) is 13.5. The number of para-hydroxylation sites is 1. The molecule has 21 heteroatoms. The van der Waals surface area contributed by atoms with Crippen LogP contribution < -0.4 is 4.74 Å². The first kappa shape index (κ1) is 67.4. The normalized spacial score (nSPS) is 13.8. The molecule has 17 rings (SSSR count). The fourth-order valence-corrected chi connectivity index (χ4v) is 12.8. The summed E-state index contributed by atoms with van der Waals surface area (Å²) < 4.78 is 68.6. The number of nitrogens with zero attached hydrogens (tertiary/aromatic N) is 13. The maximum atomic E-state index is 12.4. The molecule has 0 spiro atoms. The maximum absolute atomic E-state index is 12.4. The Morgan fingerprint density at radius 3 is 1.26 bits per heavy atom. The number of nitro benzene ring substituents is 1. The van der Waals surface area contributed by atoms with Crippen molar-refractivity contribution in [1.82, 2.24) is 27.4 Å². The average Bonchev–Trinajstić information content (AvgIpc) is 1.52. The first-order chi connectivity index (χ1) is 47.6. The highest BCUT2D eigenvalue weighted by molar-refractivity contribution is 6.35. The second-order valence-electron chi connectivity index (χ2n) is 24.3. The van der Waals surface area contributed by atoms with Crippen LogP contribution in [-0.2, 0) is 52.6 Å². The largest absolute Gasteiger partial charge is 0.497 e. The Morgan fingerprint density at radius 1 is 0.449 bits per heavy atom. The van der Waals surface area contributed by atoms with Crippen LogP contribution in [0.2, 0.25) is 10.0 Å². The predicted molar refractivity (Wildman–Crippen MR) is 381 cm³/mol. The van der Waals surface area contributed by atoms with Gasteiger partial charge in [-0.25, -0.2) is 4.58 Å². The van der Waals surface area contributed by atoms with Gasteiger partial charge in [0.25, 0.3) is 5.69 Å². The van der Waals surface area contributed by atoms with E-state index < -0.39 is 11.7 Å². The second kappa shape index (κ2) is 31.1. The maximum Gasteiger partial charge on any atom is 0.416 e. The molecule has 0 amide bonds. The summed E-state index contributed by atoms with van der Waals surface area (Å²) in [7, 11) is 1.68. The van der Waals surface area contributed by atoms with Gasteiger partial charge in [-0.15, -0.1) is 0 Å². The zero-order valence-electron chi connectivity index (χ0n) is 54.9. The number of halogens is 5. The number of alkyl halides is 3. The summed E-state index contributed by atoms with van der Waals surface area (Å²) in [5.74, 6) is 0.891. The van der Waals surface area contributed by atoms with Crippen molar-refractivity contribution in [3.63, 3.8) is 0 Å². The summed E-state index contributed by atoms with van der Waals surface area (Å²) >= 11 is 12.0. The summed E-state index contributed by atoms with van der Waals surface area (Å²) in [5, 5.41) is 11.9. The molecule has 498 valence electrons. The zero-order chi connectivity index (χ0) is 68.1. The zero-order valence-corrected chi connectivity index (χ0v) is 56.5. The minimum atomic E-state index is -4.28.